The highest BCUT2D eigenvalue weighted by atomic mass is 16.5. The molecule has 0 bridgehead atoms. The van der Waals surface area contributed by atoms with Crippen LogP contribution in [0.3, 0.4) is 0 Å². The van der Waals surface area contributed by atoms with Crippen LogP contribution in [0.4, 0.5) is 0 Å². The Balaban J connectivity index is 1.51. The van der Waals surface area contributed by atoms with Gasteiger partial charge in [0.25, 0.3) is 11.8 Å². The summed E-state index contributed by atoms with van der Waals surface area (Å²) in [5, 5.41) is 4.07. The van der Waals surface area contributed by atoms with Crippen molar-refractivity contribution >= 4 is 5.91 Å². The van der Waals surface area contributed by atoms with Gasteiger partial charge in [0, 0.05) is 38.0 Å². The van der Waals surface area contributed by atoms with Crippen LogP contribution < -0.4 is 0 Å². The molecular formula is C18H24N4O4. The maximum Gasteiger partial charge on any atom is 0.255 e. The van der Waals surface area contributed by atoms with E-state index in [2.05, 4.69) is 15.1 Å². The molecule has 8 nitrogen and oxygen atoms in total. The van der Waals surface area contributed by atoms with Crippen molar-refractivity contribution in [1.82, 2.24) is 20.0 Å². The van der Waals surface area contributed by atoms with Crippen LogP contribution in [0, 0.1) is 6.92 Å². The Hall–Kier alpha value is -2.32. The van der Waals surface area contributed by atoms with Crippen molar-refractivity contribution < 1.29 is 18.8 Å². The van der Waals surface area contributed by atoms with Gasteiger partial charge in [-0.3, -0.25) is 9.78 Å². The van der Waals surface area contributed by atoms with Gasteiger partial charge in [0.1, 0.15) is 6.61 Å². The quantitative estimate of drug-likeness (QED) is 0.697. The van der Waals surface area contributed by atoms with Crippen molar-refractivity contribution in [3.8, 4) is 0 Å². The number of likely N-dealkylation sites (tertiary alicyclic amines) is 1. The average Bonchev–Trinajstić information content (AvgIpc) is 3.14. The molecule has 0 aliphatic carbocycles. The molecule has 1 aliphatic heterocycles. The number of hydrogen-bond donors (Lipinski definition) is 0. The molecule has 0 N–H and O–H groups in total. The SMILES string of the molecule is COCCOCc1nc(C2CCN(C(=O)c3cccnc3C)CC2)no1. The summed E-state index contributed by atoms with van der Waals surface area (Å²) in [6.07, 6.45) is 3.33. The molecule has 0 spiro atoms. The zero-order chi connectivity index (χ0) is 18.4. The Morgan fingerprint density at radius 3 is 2.88 bits per heavy atom. The third-order valence-corrected chi connectivity index (χ3v) is 4.53. The molecule has 2 aromatic rings. The molecule has 0 aromatic carbocycles. The molecule has 1 aliphatic rings. The zero-order valence-corrected chi connectivity index (χ0v) is 15.2. The highest BCUT2D eigenvalue weighted by Crippen LogP contribution is 2.27. The number of piperidine rings is 1. The van der Waals surface area contributed by atoms with E-state index in [0.29, 0.717) is 43.6 Å². The van der Waals surface area contributed by atoms with Gasteiger partial charge < -0.3 is 18.9 Å². The van der Waals surface area contributed by atoms with Crippen LogP contribution in [0.25, 0.3) is 0 Å². The summed E-state index contributed by atoms with van der Waals surface area (Å²) in [6, 6.07) is 3.62. The molecule has 0 radical (unpaired) electrons. The fraction of sp³-hybridized carbons (Fsp3) is 0.556. The minimum absolute atomic E-state index is 0.0365. The summed E-state index contributed by atoms with van der Waals surface area (Å²) in [4.78, 5) is 23.1. The van der Waals surface area contributed by atoms with Crippen molar-refractivity contribution in [2.75, 3.05) is 33.4 Å². The zero-order valence-electron chi connectivity index (χ0n) is 15.2. The molecule has 1 amide bonds. The normalized spacial score (nSPS) is 15.4. The molecule has 0 atom stereocenters. The third kappa shape index (κ3) is 4.44. The van der Waals surface area contributed by atoms with Crippen molar-refractivity contribution in [2.45, 2.75) is 32.3 Å². The number of carbonyl (C=O) groups excluding carboxylic acids is 1. The van der Waals surface area contributed by atoms with Crippen molar-refractivity contribution in [3.05, 3.63) is 41.3 Å². The lowest BCUT2D eigenvalue weighted by molar-refractivity contribution is 0.0494. The summed E-state index contributed by atoms with van der Waals surface area (Å²) in [5.74, 6) is 1.40. The Morgan fingerprint density at radius 2 is 2.15 bits per heavy atom. The van der Waals surface area contributed by atoms with E-state index < -0.39 is 0 Å². The lowest BCUT2D eigenvalue weighted by atomic mass is 9.95. The molecule has 2 aromatic heterocycles. The second kappa shape index (κ2) is 8.86. The van der Waals surface area contributed by atoms with Crippen LogP contribution in [0.1, 0.15) is 46.5 Å². The predicted molar refractivity (Wildman–Crippen MR) is 92.7 cm³/mol. The molecule has 1 fully saturated rings. The maximum absolute atomic E-state index is 12.6. The monoisotopic (exact) mass is 360 g/mol. The first-order valence-electron chi connectivity index (χ1n) is 8.79. The topological polar surface area (TPSA) is 90.6 Å². The Labute approximate surface area is 152 Å². The summed E-state index contributed by atoms with van der Waals surface area (Å²) in [5.41, 5.74) is 1.43. The van der Waals surface area contributed by atoms with Gasteiger partial charge in [-0.25, -0.2) is 0 Å². The van der Waals surface area contributed by atoms with Crippen LogP contribution >= 0.6 is 0 Å². The van der Waals surface area contributed by atoms with Crippen LogP contribution in [0.15, 0.2) is 22.9 Å². The van der Waals surface area contributed by atoms with E-state index in [1.165, 1.54) is 0 Å². The number of methoxy groups -OCH3 is 1. The number of pyridine rings is 1. The molecule has 0 unspecified atom stereocenters. The van der Waals surface area contributed by atoms with E-state index in [4.69, 9.17) is 14.0 Å². The lowest BCUT2D eigenvalue weighted by Crippen LogP contribution is -2.38. The number of rotatable bonds is 7. The molecular weight excluding hydrogens is 336 g/mol. The molecule has 140 valence electrons. The van der Waals surface area contributed by atoms with Crippen molar-refractivity contribution in [1.29, 1.82) is 0 Å². The van der Waals surface area contributed by atoms with Gasteiger partial charge >= 0.3 is 0 Å². The first-order chi connectivity index (χ1) is 12.7. The first kappa shape index (κ1) is 18.5. The van der Waals surface area contributed by atoms with E-state index in [9.17, 15) is 4.79 Å². The van der Waals surface area contributed by atoms with Gasteiger partial charge in [0.2, 0.25) is 0 Å². The van der Waals surface area contributed by atoms with Crippen LogP contribution in [-0.2, 0) is 16.1 Å². The minimum Gasteiger partial charge on any atom is -0.382 e. The van der Waals surface area contributed by atoms with Gasteiger partial charge in [-0.05, 0) is 31.9 Å². The minimum atomic E-state index is 0.0365. The number of ether oxygens (including phenoxy) is 2. The maximum atomic E-state index is 12.6. The van der Waals surface area contributed by atoms with Crippen LogP contribution in [0.5, 0.6) is 0 Å². The van der Waals surface area contributed by atoms with Gasteiger partial charge in [-0.1, -0.05) is 5.16 Å². The second-order valence-electron chi connectivity index (χ2n) is 6.29. The third-order valence-electron chi connectivity index (χ3n) is 4.53. The highest BCUT2D eigenvalue weighted by Gasteiger charge is 2.28. The summed E-state index contributed by atoms with van der Waals surface area (Å²) in [6.45, 7) is 4.51. The number of aromatic nitrogens is 3. The Morgan fingerprint density at radius 1 is 1.35 bits per heavy atom. The summed E-state index contributed by atoms with van der Waals surface area (Å²) >= 11 is 0. The van der Waals surface area contributed by atoms with Gasteiger partial charge in [0.15, 0.2) is 5.82 Å². The van der Waals surface area contributed by atoms with E-state index in [0.717, 1.165) is 18.5 Å². The first-order valence-corrected chi connectivity index (χ1v) is 8.79. The lowest BCUT2D eigenvalue weighted by Gasteiger charge is -2.30. The van der Waals surface area contributed by atoms with Crippen LogP contribution in [-0.4, -0.2) is 59.3 Å². The number of amides is 1. The van der Waals surface area contributed by atoms with Crippen molar-refractivity contribution in [3.63, 3.8) is 0 Å². The second-order valence-corrected chi connectivity index (χ2v) is 6.29. The molecule has 1 saturated heterocycles. The number of hydrogen-bond acceptors (Lipinski definition) is 7. The average molecular weight is 360 g/mol. The Bertz CT molecular complexity index is 725. The largest absolute Gasteiger partial charge is 0.382 e. The standard InChI is InChI=1S/C18H24N4O4/c1-13-15(4-3-7-19-13)18(23)22-8-5-14(6-9-22)17-20-16(26-21-17)12-25-11-10-24-2/h3-4,7,14H,5-6,8-12H2,1-2H3. The predicted octanol–water partition coefficient (Wildman–Crippen LogP) is 1.96. The number of nitrogens with zero attached hydrogens (tertiary/aromatic N) is 4. The number of carbonyl (C=O) groups is 1. The van der Waals surface area contributed by atoms with Crippen LogP contribution in [0.2, 0.25) is 0 Å². The molecule has 0 saturated carbocycles. The molecule has 26 heavy (non-hydrogen) atoms. The Kier molecular flexibility index (Phi) is 6.30. The van der Waals surface area contributed by atoms with Gasteiger partial charge in [-0.2, -0.15) is 4.98 Å². The van der Waals surface area contributed by atoms with Gasteiger partial charge in [0.05, 0.1) is 18.8 Å². The fourth-order valence-electron chi connectivity index (χ4n) is 3.02. The highest BCUT2D eigenvalue weighted by molar-refractivity contribution is 5.95. The molecule has 8 heteroatoms. The summed E-state index contributed by atoms with van der Waals surface area (Å²) < 4.78 is 15.6. The number of aryl methyl sites for hydroxylation is 1. The van der Waals surface area contributed by atoms with E-state index >= 15 is 0 Å². The van der Waals surface area contributed by atoms with E-state index in [1.807, 2.05) is 17.9 Å². The van der Waals surface area contributed by atoms with Gasteiger partial charge in [-0.15, -0.1) is 0 Å². The molecule has 3 heterocycles. The summed E-state index contributed by atoms with van der Waals surface area (Å²) in [7, 11) is 1.63. The van der Waals surface area contributed by atoms with E-state index in [-0.39, 0.29) is 18.4 Å². The smallest absolute Gasteiger partial charge is 0.255 e. The molecule has 3 rings (SSSR count). The fourth-order valence-corrected chi connectivity index (χ4v) is 3.02. The van der Waals surface area contributed by atoms with E-state index in [1.54, 1.807) is 19.4 Å². The van der Waals surface area contributed by atoms with Crippen molar-refractivity contribution in [2.24, 2.45) is 0 Å².